The van der Waals surface area contributed by atoms with Crippen molar-refractivity contribution in [2.75, 3.05) is 0 Å². The number of carbonyl (C=O) groups is 1. The molecule has 5 nitrogen and oxygen atoms in total. The Morgan fingerprint density at radius 3 is 2.30 bits per heavy atom. The molecule has 3 aromatic rings. The van der Waals surface area contributed by atoms with Crippen molar-refractivity contribution in [2.24, 2.45) is 0 Å². The predicted octanol–water partition coefficient (Wildman–Crippen LogP) is 4.57. The number of hydrogen-bond donors (Lipinski definition) is 0. The number of carbonyl (C=O) groups excluding carboxylic acids is 1. The van der Waals surface area contributed by atoms with Gasteiger partial charge in [-0.3, -0.25) is 4.79 Å². The second kappa shape index (κ2) is 7.91. The molecule has 2 heterocycles. The Balaban J connectivity index is 1.74. The predicted molar refractivity (Wildman–Crippen MR) is 118 cm³/mol. The number of para-hydroxylation sites is 1. The first-order valence-electron chi connectivity index (χ1n) is 10.5. The summed E-state index contributed by atoms with van der Waals surface area (Å²) in [5.41, 5.74) is 1.76. The zero-order valence-electron chi connectivity index (χ0n) is 17.7. The van der Waals surface area contributed by atoms with Crippen LogP contribution in [-0.2, 0) is 21.2 Å². The molecule has 158 valence electrons. The van der Waals surface area contributed by atoms with Crippen molar-refractivity contribution in [1.82, 2.24) is 9.47 Å². The topological polar surface area (TPSA) is 59.4 Å². The van der Waals surface area contributed by atoms with Gasteiger partial charge in [-0.2, -0.15) is 0 Å². The van der Waals surface area contributed by atoms with Crippen LogP contribution in [-0.4, -0.2) is 35.9 Å². The number of aryl methyl sites for hydroxylation is 1. The second-order valence-corrected chi connectivity index (χ2v) is 10.3. The monoisotopic (exact) mass is 424 g/mol. The van der Waals surface area contributed by atoms with Crippen molar-refractivity contribution in [3.05, 3.63) is 60.3 Å². The van der Waals surface area contributed by atoms with Gasteiger partial charge in [-0.1, -0.05) is 35.9 Å². The van der Waals surface area contributed by atoms with Crippen LogP contribution in [0, 0.1) is 6.92 Å². The molecule has 0 saturated carbocycles. The molecule has 2 aromatic carbocycles. The highest BCUT2D eigenvalue weighted by molar-refractivity contribution is 7.91. The number of amides is 1. The van der Waals surface area contributed by atoms with E-state index < -0.39 is 9.84 Å². The van der Waals surface area contributed by atoms with Crippen molar-refractivity contribution in [3.8, 4) is 0 Å². The van der Waals surface area contributed by atoms with Gasteiger partial charge in [0.05, 0.1) is 9.79 Å². The fourth-order valence-corrected chi connectivity index (χ4v) is 6.02. The fraction of sp³-hybridized carbons (Fsp3) is 0.375. The van der Waals surface area contributed by atoms with Gasteiger partial charge in [0, 0.05) is 29.2 Å². The summed E-state index contributed by atoms with van der Waals surface area (Å²) in [7, 11) is -3.69. The zero-order valence-corrected chi connectivity index (χ0v) is 18.5. The number of aromatic nitrogens is 1. The Kier molecular flexibility index (Phi) is 5.45. The molecule has 6 heteroatoms. The summed E-state index contributed by atoms with van der Waals surface area (Å²) in [6, 6.07) is 14.7. The number of hydrogen-bond acceptors (Lipinski definition) is 3. The summed E-state index contributed by atoms with van der Waals surface area (Å²) in [5.74, 6) is 0.0368. The van der Waals surface area contributed by atoms with E-state index >= 15 is 0 Å². The molecule has 1 fully saturated rings. The minimum Gasteiger partial charge on any atom is -0.337 e. The summed E-state index contributed by atoms with van der Waals surface area (Å²) in [5, 5.41) is 0.644. The van der Waals surface area contributed by atoms with Crippen LogP contribution in [0.5, 0.6) is 0 Å². The van der Waals surface area contributed by atoms with Gasteiger partial charge < -0.3 is 9.47 Å². The molecule has 1 aliphatic rings. The summed E-state index contributed by atoms with van der Waals surface area (Å²) >= 11 is 0. The smallest absolute Gasteiger partial charge is 0.242 e. The summed E-state index contributed by atoms with van der Waals surface area (Å²) in [6.45, 7) is 6.25. The molecular weight excluding hydrogens is 396 g/mol. The van der Waals surface area contributed by atoms with Crippen LogP contribution in [0.25, 0.3) is 10.9 Å². The van der Waals surface area contributed by atoms with Crippen molar-refractivity contribution in [2.45, 2.75) is 68.5 Å². The Morgan fingerprint density at radius 2 is 1.63 bits per heavy atom. The number of fused-ring (bicyclic) bond motifs is 1. The minimum absolute atomic E-state index is 0.0368. The lowest BCUT2D eigenvalue weighted by Gasteiger charge is -2.39. The number of benzene rings is 2. The zero-order chi connectivity index (χ0) is 21.5. The molecule has 0 N–H and O–H groups in total. The van der Waals surface area contributed by atoms with Crippen LogP contribution in [0.15, 0.2) is 64.5 Å². The molecule has 0 aliphatic carbocycles. The molecule has 4 rings (SSSR count). The van der Waals surface area contributed by atoms with E-state index in [1.807, 2.05) is 36.1 Å². The van der Waals surface area contributed by atoms with Crippen molar-refractivity contribution >= 4 is 26.6 Å². The Hall–Kier alpha value is -2.60. The number of nitrogens with zero attached hydrogens (tertiary/aromatic N) is 2. The van der Waals surface area contributed by atoms with Gasteiger partial charge in [0.15, 0.2) is 0 Å². The number of likely N-dealkylation sites (tertiary alicyclic amines) is 1. The van der Waals surface area contributed by atoms with Gasteiger partial charge in [0.2, 0.25) is 15.7 Å². The maximum Gasteiger partial charge on any atom is 0.242 e. The standard InChI is InChI=1S/C24H28N2O3S/c1-17-11-13-20(14-12-17)30(28,29)23-15-25(22-10-5-4-9-21(22)23)16-24(27)26-18(2)7-6-8-19(26)3/h4-5,9-15,18-19H,6-8,16H2,1-3H3. The fourth-order valence-electron chi connectivity index (χ4n) is 4.54. The van der Waals surface area contributed by atoms with Gasteiger partial charge in [0.25, 0.3) is 0 Å². The number of sulfone groups is 1. The molecule has 2 unspecified atom stereocenters. The molecule has 1 aromatic heterocycles. The largest absolute Gasteiger partial charge is 0.337 e. The SMILES string of the molecule is Cc1ccc(S(=O)(=O)c2cn(CC(=O)N3C(C)CCCC3C)c3ccccc23)cc1. The molecule has 1 saturated heterocycles. The van der Waals surface area contributed by atoms with Crippen LogP contribution in [0.1, 0.15) is 38.7 Å². The first-order chi connectivity index (χ1) is 14.3. The third-order valence-electron chi connectivity index (χ3n) is 6.16. The average molecular weight is 425 g/mol. The van der Waals surface area contributed by atoms with E-state index in [-0.39, 0.29) is 34.3 Å². The first kappa shape index (κ1) is 20.7. The summed E-state index contributed by atoms with van der Waals surface area (Å²) < 4.78 is 28.5. The molecule has 2 atom stereocenters. The van der Waals surface area contributed by atoms with Crippen LogP contribution < -0.4 is 0 Å². The minimum atomic E-state index is -3.69. The van der Waals surface area contributed by atoms with E-state index in [0.717, 1.165) is 30.3 Å². The van der Waals surface area contributed by atoms with E-state index in [9.17, 15) is 13.2 Å². The molecule has 1 amide bonds. The van der Waals surface area contributed by atoms with Gasteiger partial charge >= 0.3 is 0 Å². The molecule has 1 aliphatic heterocycles. The van der Waals surface area contributed by atoms with E-state index in [1.165, 1.54) is 0 Å². The lowest BCUT2D eigenvalue weighted by atomic mass is 9.97. The highest BCUT2D eigenvalue weighted by Crippen LogP contribution is 2.31. The summed E-state index contributed by atoms with van der Waals surface area (Å²) in [6.07, 6.45) is 4.78. The Bertz CT molecular complexity index is 1170. The van der Waals surface area contributed by atoms with Crippen molar-refractivity contribution < 1.29 is 13.2 Å². The molecule has 0 bridgehead atoms. The quantitative estimate of drug-likeness (QED) is 0.616. The van der Waals surface area contributed by atoms with Crippen molar-refractivity contribution in [3.63, 3.8) is 0 Å². The second-order valence-electron chi connectivity index (χ2n) is 8.38. The lowest BCUT2D eigenvalue weighted by molar-refractivity contribution is -0.137. The molecule has 30 heavy (non-hydrogen) atoms. The highest BCUT2D eigenvalue weighted by atomic mass is 32.2. The third-order valence-corrected chi connectivity index (χ3v) is 7.96. The number of piperidine rings is 1. The van der Waals surface area contributed by atoms with E-state index in [0.29, 0.717) is 5.39 Å². The molecule has 0 spiro atoms. The van der Waals surface area contributed by atoms with Crippen LogP contribution in [0.4, 0.5) is 0 Å². The van der Waals surface area contributed by atoms with Crippen molar-refractivity contribution in [1.29, 1.82) is 0 Å². The Labute approximate surface area is 178 Å². The lowest BCUT2D eigenvalue weighted by Crippen LogP contribution is -2.48. The van der Waals surface area contributed by atoms with E-state index in [2.05, 4.69) is 13.8 Å². The maximum absolute atomic E-state index is 13.4. The van der Waals surface area contributed by atoms with Gasteiger partial charge in [-0.25, -0.2) is 8.42 Å². The van der Waals surface area contributed by atoms with E-state index in [1.54, 1.807) is 35.0 Å². The third kappa shape index (κ3) is 3.65. The van der Waals surface area contributed by atoms with Gasteiger partial charge in [-0.15, -0.1) is 0 Å². The summed E-state index contributed by atoms with van der Waals surface area (Å²) in [4.78, 5) is 15.6. The van der Waals surface area contributed by atoms with Gasteiger partial charge in [-0.05, 0) is 58.2 Å². The number of rotatable bonds is 4. The van der Waals surface area contributed by atoms with E-state index in [4.69, 9.17) is 0 Å². The normalized spacial score (nSPS) is 19.9. The van der Waals surface area contributed by atoms with Crippen LogP contribution in [0.2, 0.25) is 0 Å². The molecular formula is C24H28N2O3S. The van der Waals surface area contributed by atoms with Crippen LogP contribution in [0.3, 0.4) is 0 Å². The van der Waals surface area contributed by atoms with Crippen LogP contribution >= 0.6 is 0 Å². The maximum atomic E-state index is 13.4. The highest BCUT2D eigenvalue weighted by Gasteiger charge is 2.30. The first-order valence-corrected chi connectivity index (χ1v) is 12.0. The Morgan fingerprint density at radius 1 is 1.00 bits per heavy atom. The average Bonchev–Trinajstić information content (AvgIpc) is 3.07. The molecule has 0 radical (unpaired) electrons. The van der Waals surface area contributed by atoms with Gasteiger partial charge in [0.1, 0.15) is 6.54 Å².